The molecule has 2 aromatic rings. The van der Waals surface area contributed by atoms with Gasteiger partial charge in [-0.1, -0.05) is 37.3 Å². The lowest BCUT2D eigenvalue weighted by molar-refractivity contribution is 0.317. The van der Waals surface area contributed by atoms with Gasteiger partial charge in [-0.05, 0) is 37.2 Å². The highest BCUT2D eigenvalue weighted by molar-refractivity contribution is 5.36. The first-order chi connectivity index (χ1) is 9.76. The maximum absolute atomic E-state index is 13.9. The highest BCUT2D eigenvalue weighted by Crippen LogP contribution is 2.25. The molecule has 0 aliphatic rings. The fourth-order valence-corrected chi connectivity index (χ4v) is 2.19. The van der Waals surface area contributed by atoms with Gasteiger partial charge < -0.3 is 10.1 Å². The van der Waals surface area contributed by atoms with Gasteiger partial charge in [-0.3, -0.25) is 0 Å². The van der Waals surface area contributed by atoms with Gasteiger partial charge in [0, 0.05) is 5.56 Å². The van der Waals surface area contributed by atoms with Gasteiger partial charge in [0.15, 0.2) is 0 Å². The molecule has 0 saturated carbocycles. The van der Waals surface area contributed by atoms with Crippen LogP contribution in [0.3, 0.4) is 0 Å². The van der Waals surface area contributed by atoms with Crippen LogP contribution in [-0.2, 0) is 0 Å². The molecule has 0 aliphatic carbocycles. The van der Waals surface area contributed by atoms with E-state index < -0.39 is 0 Å². The number of benzene rings is 2. The zero-order valence-electron chi connectivity index (χ0n) is 11.9. The molecular formula is C17H20FNO. The average Bonchev–Trinajstić information content (AvgIpc) is 2.49. The zero-order chi connectivity index (χ0) is 14.4. The molecule has 2 nitrogen and oxygen atoms in total. The van der Waals surface area contributed by atoms with Crippen LogP contribution < -0.4 is 10.1 Å². The molecule has 0 bridgehead atoms. The van der Waals surface area contributed by atoms with Crippen LogP contribution in [0.1, 0.15) is 30.5 Å². The summed E-state index contributed by atoms with van der Waals surface area (Å²) in [7, 11) is 1.83. The number of ether oxygens (including phenoxy) is 1. The number of halogens is 1. The van der Waals surface area contributed by atoms with Crippen LogP contribution in [-0.4, -0.2) is 13.7 Å². The lowest BCUT2D eigenvalue weighted by Crippen LogP contribution is -2.18. The molecule has 3 heteroatoms. The first kappa shape index (κ1) is 14.5. The summed E-state index contributed by atoms with van der Waals surface area (Å²) < 4.78 is 19.5. The molecule has 0 heterocycles. The van der Waals surface area contributed by atoms with E-state index in [9.17, 15) is 4.39 Å². The Morgan fingerprint density at radius 2 is 1.80 bits per heavy atom. The van der Waals surface area contributed by atoms with E-state index >= 15 is 0 Å². The number of hydrogen-bond acceptors (Lipinski definition) is 2. The van der Waals surface area contributed by atoms with Crippen molar-refractivity contribution in [3.05, 3.63) is 65.5 Å². The van der Waals surface area contributed by atoms with Crippen molar-refractivity contribution >= 4 is 0 Å². The van der Waals surface area contributed by atoms with Gasteiger partial charge in [0.05, 0.1) is 12.6 Å². The number of nitrogens with one attached hydrogen (secondary N) is 1. The van der Waals surface area contributed by atoms with Crippen molar-refractivity contribution in [3.8, 4) is 5.75 Å². The molecular weight excluding hydrogens is 253 g/mol. The first-order valence-corrected chi connectivity index (χ1v) is 6.90. The second-order valence-corrected chi connectivity index (χ2v) is 4.66. The quantitative estimate of drug-likeness (QED) is 0.861. The van der Waals surface area contributed by atoms with Gasteiger partial charge in [0.2, 0.25) is 0 Å². The van der Waals surface area contributed by atoms with E-state index in [-0.39, 0.29) is 11.9 Å². The van der Waals surface area contributed by atoms with Crippen molar-refractivity contribution in [2.45, 2.75) is 19.4 Å². The Labute approximate surface area is 119 Å². The van der Waals surface area contributed by atoms with Crippen LogP contribution >= 0.6 is 0 Å². The molecule has 1 atom stereocenters. The van der Waals surface area contributed by atoms with Crippen molar-refractivity contribution in [3.63, 3.8) is 0 Å². The third kappa shape index (κ3) is 3.36. The highest BCUT2D eigenvalue weighted by Gasteiger charge is 2.15. The predicted octanol–water partition coefficient (Wildman–Crippen LogP) is 3.92. The summed E-state index contributed by atoms with van der Waals surface area (Å²) in [6.45, 7) is 2.78. The molecule has 0 spiro atoms. The van der Waals surface area contributed by atoms with E-state index in [4.69, 9.17) is 4.74 Å². The summed E-state index contributed by atoms with van der Waals surface area (Å²) in [6.07, 6.45) is 0.982. The minimum atomic E-state index is -0.196. The van der Waals surface area contributed by atoms with Crippen LogP contribution in [0, 0.1) is 5.82 Å². The topological polar surface area (TPSA) is 21.3 Å². The SMILES string of the molecule is CCCOc1ccc(C(NC)c2ccccc2F)cc1. The molecule has 2 rings (SSSR count). The van der Waals surface area contributed by atoms with Gasteiger partial charge in [-0.15, -0.1) is 0 Å². The third-order valence-corrected chi connectivity index (χ3v) is 3.19. The van der Waals surface area contributed by atoms with E-state index in [0.717, 1.165) is 17.7 Å². The minimum absolute atomic E-state index is 0.156. The lowest BCUT2D eigenvalue weighted by atomic mass is 9.98. The third-order valence-electron chi connectivity index (χ3n) is 3.19. The summed E-state index contributed by atoms with van der Waals surface area (Å²) in [6, 6.07) is 14.5. The molecule has 1 N–H and O–H groups in total. The second kappa shape index (κ2) is 7.06. The van der Waals surface area contributed by atoms with Crippen LogP contribution in [0.5, 0.6) is 5.75 Å². The first-order valence-electron chi connectivity index (χ1n) is 6.90. The summed E-state index contributed by atoms with van der Waals surface area (Å²) >= 11 is 0. The Kier molecular flexibility index (Phi) is 5.13. The van der Waals surface area contributed by atoms with E-state index in [0.29, 0.717) is 12.2 Å². The fraction of sp³-hybridized carbons (Fsp3) is 0.294. The maximum Gasteiger partial charge on any atom is 0.128 e. The van der Waals surface area contributed by atoms with Crippen molar-refractivity contribution in [1.82, 2.24) is 5.32 Å². The smallest absolute Gasteiger partial charge is 0.128 e. The van der Waals surface area contributed by atoms with E-state index in [1.165, 1.54) is 6.07 Å². The Morgan fingerprint density at radius 1 is 1.10 bits per heavy atom. The molecule has 0 amide bonds. The summed E-state index contributed by atoms with van der Waals surface area (Å²) in [4.78, 5) is 0. The largest absolute Gasteiger partial charge is 0.494 e. The Morgan fingerprint density at radius 3 is 2.40 bits per heavy atom. The van der Waals surface area contributed by atoms with E-state index in [2.05, 4.69) is 12.2 Å². The molecule has 0 fully saturated rings. The van der Waals surface area contributed by atoms with Crippen LogP contribution in [0.25, 0.3) is 0 Å². The summed E-state index contributed by atoms with van der Waals surface area (Å²) in [5, 5.41) is 3.16. The molecule has 0 saturated heterocycles. The van der Waals surface area contributed by atoms with Crippen LogP contribution in [0.4, 0.5) is 4.39 Å². The van der Waals surface area contributed by atoms with Crippen molar-refractivity contribution in [1.29, 1.82) is 0 Å². The maximum atomic E-state index is 13.9. The molecule has 0 radical (unpaired) electrons. The molecule has 2 aromatic carbocycles. The van der Waals surface area contributed by atoms with Crippen LogP contribution in [0.2, 0.25) is 0 Å². The molecule has 1 unspecified atom stereocenters. The van der Waals surface area contributed by atoms with Gasteiger partial charge >= 0.3 is 0 Å². The van der Waals surface area contributed by atoms with E-state index in [1.807, 2.05) is 37.4 Å². The Bertz CT molecular complexity index is 539. The molecule has 20 heavy (non-hydrogen) atoms. The minimum Gasteiger partial charge on any atom is -0.494 e. The monoisotopic (exact) mass is 273 g/mol. The molecule has 0 aliphatic heterocycles. The average molecular weight is 273 g/mol. The summed E-state index contributed by atoms with van der Waals surface area (Å²) in [5.41, 5.74) is 1.67. The number of rotatable bonds is 6. The normalized spacial score (nSPS) is 12.2. The predicted molar refractivity (Wildman–Crippen MR) is 79.5 cm³/mol. The van der Waals surface area contributed by atoms with Crippen molar-refractivity contribution < 1.29 is 9.13 Å². The molecule has 0 aromatic heterocycles. The Hall–Kier alpha value is -1.87. The van der Waals surface area contributed by atoms with Crippen molar-refractivity contribution in [2.75, 3.05) is 13.7 Å². The standard InChI is InChI=1S/C17H20FNO/c1-3-12-20-14-10-8-13(9-11-14)17(19-2)15-6-4-5-7-16(15)18/h4-11,17,19H,3,12H2,1-2H3. The highest BCUT2D eigenvalue weighted by atomic mass is 19.1. The Balaban J connectivity index is 2.22. The van der Waals surface area contributed by atoms with Crippen LogP contribution in [0.15, 0.2) is 48.5 Å². The second-order valence-electron chi connectivity index (χ2n) is 4.66. The van der Waals surface area contributed by atoms with Gasteiger partial charge in [-0.25, -0.2) is 4.39 Å². The number of hydrogen-bond donors (Lipinski definition) is 1. The molecule has 106 valence electrons. The van der Waals surface area contributed by atoms with Crippen molar-refractivity contribution in [2.24, 2.45) is 0 Å². The lowest BCUT2D eigenvalue weighted by Gasteiger charge is -2.18. The zero-order valence-corrected chi connectivity index (χ0v) is 11.9. The summed E-state index contributed by atoms with van der Waals surface area (Å²) in [5.74, 6) is 0.650. The van der Waals surface area contributed by atoms with Gasteiger partial charge in [0.25, 0.3) is 0 Å². The van der Waals surface area contributed by atoms with Gasteiger partial charge in [-0.2, -0.15) is 0 Å². The van der Waals surface area contributed by atoms with E-state index in [1.54, 1.807) is 12.1 Å². The van der Waals surface area contributed by atoms with Gasteiger partial charge in [0.1, 0.15) is 11.6 Å². The fourth-order valence-electron chi connectivity index (χ4n) is 2.19.